The number of ether oxygens (including phenoxy) is 3. The Morgan fingerprint density at radius 2 is 1.85 bits per heavy atom. The summed E-state index contributed by atoms with van der Waals surface area (Å²) in [5, 5.41) is 64.3. The molecule has 172 valence electrons. The zero-order valence-corrected chi connectivity index (χ0v) is 16.9. The van der Waals surface area contributed by atoms with Gasteiger partial charge in [-0.05, 0) is 23.6 Å². The quantitative estimate of drug-likeness (QED) is 0.276. The first-order valence-corrected chi connectivity index (χ1v) is 10.2. The highest BCUT2D eigenvalue weighted by atomic mass is 16.7. The molecule has 6 N–H and O–H groups in total. The van der Waals surface area contributed by atoms with Crippen LogP contribution in [0.1, 0.15) is 10.4 Å². The third-order valence-corrected chi connectivity index (χ3v) is 6.49. The predicted molar refractivity (Wildman–Crippen MR) is 111 cm³/mol. The zero-order chi connectivity index (χ0) is 23.2. The third kappa shape index (κ3) is 2.46. The van der Waals surface area contributed by atoms with Crippen molar-refractivity contribution >= 4 is 33.1 Å². The number of nitrogens with zero attached hydrogens (tertiary/aromatic N) is 1. The van der Waals surface area contributed by atoms with Gasteiger partial charge >= 0.3 is 0 Å². The van der Waals surface area contributed by atoms with Crippen LogP contribution in [0, 0.1) is 0 Å². The molecule has 33 heavy (non-hydrogen) atoms. The Morgan fingerprint density at radius 3 is 2.61 bits per heavy atom. The number of anilines is 1. The summed E-state index contributed by atoms with van der Waals surface area (Å²) in [7, 11) is 0. The first-order valence-electron chi connectivity index (χ1n) is 10.2. The summed E-state index contributed by atoms with van der Waals surface area (Å²) in [6.07, 6.45) is -7.29. The van der Waals surface area contributed by atoms with E-state index in [1.54, 1.807) is 12.1 Å². The van der Waals surface area contributed by atoms with Crippen molar-refractivity contribution in [1.82, 2.24) is 0 Å². The number of phenolic OH excluding ortho intramolecular Hbond substituents is 1. The summed E-state index contributed by atoms with van der Waals surface area (Å²) in [5.41, 5.74) is 0.180. The molecule has 5 atom stereocenters. The van der Waals surface area contributed by atoms with Crippen LogP contribution >= 0.6 is 0 Å². The van der Waals surface area contributed by atoms with E-state index in [9.17, 15) is 35.4 Å². The number of aliphatic hydroxyl groups excluding tert-OH is 4. The van der Waals surface area contributed by atoms with Gasteiger partial charge in [0.1, 0.15) is 24.1 Å². The highest BCUT2D eigenvalue weighted by Crippen LogP contribution is 2.53. The lowest BCUT2D eigenvalue weighted by Gasteiger charge is -2.48. The smallest absolute Gasteiger partial charge is 0.286 e. The van der Waals surface area contributed by atoms with Gasteiger partial charge in [-0.1, -0.05) is 12.1 Å². The van der Waals surface area contributed by atoms with E-state index in [1.807, 2.05) is 0 Å². The lowest BCUT2D eigenvalue weighted by Crippen LogP contribution is -2.72. The second-order valence-electron chi connectivity index (χ2n) is 8.24. The van der Waals surface area contributed by atoms with Crippen molar-refractivity contribution in [1.29, 1.82) is 0 Å². The van der Waals surface area contributed by atoms with Gasteiger partial charge in [0, 0.05) is 16.2 Å². The number of aliphatic hydroxyl groups is 5. The second-order valence-corrected chi connectivity index (χ2v) is 8.24. The van der Waals surface area contributed by atoms with E-state index in [1.165, 1.54) is 18.2 Å². The molecular weight excluding hydrogens is 438 g/mol. The Morgan fingerprint density at radius 1 is 1.06 bits per heavy atom. The van der Waals surface area contributed by atoms with Crippen molar-refractivity contribution in [2.24, 2.45) is 0 Å². The lowest BCUT2D eigenvalue weighted by atomic mass is 9.95. The number of rotatable bonds is 2. The Balaban J connectivity index is 1.67. The van der Waals surface area contributed by atoms with Gasteiger partial charge in [0.05, 0.1) is 17.9 Å². The number of aromatic hydroxyl groups is 1. The van der Waals surface area contributed by atoms with E-state index in [4.69, 9.17) is 14.2 Å². The van der Waals surface area contributed by atoms with Crippen LogP contribution in [0.15, 0.2) is 30.3 Å². The van der Waals surface area contributed by atoms with E-state index in [0.717, 1.165) is 4.90 Å². The molecule has 0 radical (unpaired) electrons. The molecule has 3 aromatic carbocycles. The monoisotopic (exact) mass is 457 g/mol. The maximum absolute atomic E-state index is 13.6. The van der Waals surface area contributed by atoms with Crippen LogP contribution in [0.3, 0.4) is 0 Å². The Kier molecular flexibility index (Phi) is 4.13. The van der Waals surface area contributed by atoms with Crippen LogP contribution in [0.2, 0.25) is 0 Å². The molecule has 11 heteroatoms. The zero-order valence-electron chi connectivity index (χ0n) is 16.9. The van der Waals surface area contributed by atoms with Crippen LogP contribution in [0.5, 0.6) is 17.2 Å². The summed E-state index contributed by atoms with van der Waals surface area (Å²) in [6.45, 7) is -0.865. The molecule has 6 rings (SSSR count). The molecule has 0 bridgehead atoms. The average molecular weight is 457 g/mol. The maximum Gasteiger partial charge on any atom is 0.286 e. The van der Waals surface area contributed by atoms with E-state index in [2.05, 4.69) is 0 Å². The minimum absolute atomic E-state index is 0.0651. The summed E-state index contributed by atoms with van der Waals surface area (Å²) in [4.78, 5) is 14.3. The molecular formula is C22H19NO10. The first-order chi connectivity index (χ1) is 15.8. The molecule has 0 spiro atoms. The van der Waals surface area contributed by atoms with Gasteiger partial charge in [0.2, 0.25) is 6.79 Å². The van der Waals surface area contributed by atoms with Gasteiger partial charge < -0.3 is 44.8 Å². The number of amides is 1. The average Bonchev–Trinajstić information content (AvgIpc) is 3.39. The van der Waals surface area contributed by atoms with Crippen molar-refractivity contribution in [2.45, 2.75) is 30.3 Å². The van der Waals surface area contributed by atoms with Crippen molar-refractivity contribution in [2.75, 3.05) is 18.3 Å². The number of hydrogen-bond donors (Lipinski definition) is 6. The highest BCUT2D eigenvalue weighted by Gasteiger charge is 2.59. The Hall–Kier alpha value is -3.19. The molecule has 0 saturated carbocycles. The summed E-state index contributed by atoms with van der Waals surface area (Å²) in [5.74, 6) is -3.11. The minimum Gasteiger partial charge on any atom is -0.507 e. The number of fused-ring (bicyclic) bond motifs is 4. The van der Waals surface area contributed by atoms with Crippen molar-refractivity contribution < 1.29 is 49.6 Å². The van der Waals surface area contributed by atoms with Crippen molar-refractivity contribution in [3.63, 3.8) is 0 Å². The number of benzene rings is 3. The normalized spacial score (nSPS) is 30.6. The molecule has 0 aromatic heterocycles. The molecule has 11 nitrogen and oxygen atoms in total. The van der Waals surface area contributed by atoms with Crippen LogP contribution in [0.25, 0.3) is 21.5 Å². The summed E-state index contributed by atoms with van der Waals surface area (Å²) < 4.78 is 16.5. The fourth-order valence-corrected chi connectivity index (χ4v) is 4.91. The number of hydrogen-bond acceptors (Lipinski definition) is 10. The maximum atomic E-state index is 13.6. The van der Waals surface area contributed by atoms with Gasteiger partial charge in [-0.25, -0.2) is 0 Å². The molecule has 0 aliphatic carbocycles. The topological polar surface area (TPSA) is 169 Å². The predicted octanol–water partition coefficient (Wildman–Crippen LogP) is -0.493. The number of phenols is 1. The van der Waals surface area contributed by atoms with Crippen LogP contribution in [-0.4, -0.2) is 80.3 Å². The molecule has 3 aromatic rings. The molecule has 1 fully saturated rings. The van der Waals surface area contributed by atoms with E-state index < -0.39 is 42.8 Å². The Bertz CT molecular complexity index is 1340. The molecule has 3 aliphatic rings. The molecule has 3 aliphatic heterocycles. The van der Waals surface area contributed by atoms with E-state index in [-0.39, 0.29) is 29.5 Å². The second kappa shape index (κ2) is 6.67. The van der Waals surface area contributed by atoms with Gasteiger partial charge in [0.25, 0.3) is 11.8 Å². The minimum atomic E-state index is -2.85. The van der Waals surface area contributed by atoms with E-state index >= 15 is 0 Å². The van der Waals surface area contributed by atoms with E-state index in [0.29, 0.717) is 27.3 Å². The van der Waals surface area contributed by atoms with Gasteiger partial charge in [-0.3, -0.25) is 9.69 Å². The summed E-state index contributed by atoms with van der Waals surface area (Å²) >= 11 is 0. The number of carbonyl (C=O) groups is 1. The van der Waals surface area contributed by atoms with Crippen LogP contribution < -0.4 is 14.4 Å². The van der Waals surface area contributed by atoms with Gasteiger partial charge in [-0.2, -0.15) is 0 Å². The lowest BCUT2D eigenvalue weighted by molar-refractivity contribution is -0.344. The number of carbonyl (C=O) groups excluding carboxylic acids is 1. The third-order valence-electron chi connectivity index (χ3n) is 6.49. The fraction of sp³-hybridized carbons (Fsp3) is 0.318. The SMILES string of the molecule is O=C1c2cc3c(c4c2c(cc2c(O)cccc24)N1[C@@]1(O)O[C@@H](CO)[C@H](O)[C@H](O)[C@H]1O)OCO3. The van der Waals surface area contributed by atoms with Crippen LogP contribution in [0.4, 0.5) is 5.69 Å². The largest absolute Gasteiger partial charge is 0.507 e. The van der Waals surface area contributed by atoms with Crippen molar-refractivity contribution in [3.8, 4) is 17.2 Å². The van der Waals surface area contributed by atoms with Gasteiger partial charge in [0.15, 0.2) is 17.6 Å². The molecule has 0 unspecified atom stereocenters. The Labute approximate surface area is 185 Å². The standard InChI is InChI=1S/C22H19NO10/c24-6-14-17(26)18(27)20(28)22(30,33-14)23-11-4-9-8(2-1-3-12(9)25)16-15(11)10(21(23)29)5-13-19(16)32-7-31-13/h1-5,14,17-18,20,24-28,30H,6-7H2/t14-,17-,18-,20+,22-/m0/s1. The fourth-order valence-electron chi connectivity index (χ4n) is 4.91. The van der Waals surface area contributed by atoms with Gasteiger partial charge in [-0.15, -0.1) is 0 Å². The first kappa shape index (κ1) is 20.4. The molecule has 3 heterocycles. The van der Waals surface area contributed by atoms with Crippen LogP contribution in [-0.2, 0) is 4.74 Å². The summed E-state index contributed by atoms with van der Waals surface area (Å²) in [6, 6.07) is 7.71. The van der Waals surface area contributed by atoms with Crippen molar-refractivity contribution in [3.05, 3.63) is 35.9 Å². The highest BCUT2D eigenvalue weighted by molar-refractivity contribution is 6.32. The molecule has 1 saturated heterocycles. The molecule has 1 amide bonds.